The molecule has 31 heavy (non-hydrogen) atoms. The summed E-state index contributed by atoms with van der Waals surface area (Å²) < 4.78 is 11.0. The first-order valence-electron chi connectivity index (χ1n) is 9.30. The van der Waals surface area contributed by atoms with E-state index in [1.807, 2.05) is 18.2 Å². The van der Waals surface area contributed by atoms with Crippen molar-refractivity contribution < 1.29 is 19.1 Å². The summed E-state index contributed by atoms with van der Waals surface area (Å²) in [6, 6.07) is 20.7. The normalized spacial score (nSPS) is 10.5. The van der Waals surface area contributed by atoms with Gasteiger partial charge in [-0.25, -0.2) is 5.43 Å². The molecule has 3 rings (SSSR count). The molecule has 0 saturated carbocycles. The summed E-state index contributed by atoms with van der Waals surface area (Å²) >= 11 is 5.83. The van der Waals surface area contributed by atoms with E-state index in [0.717, 1.165) is 0 Å². The maximum absolute atomic E-state index is 12.2. The Bertz CT molecular complexity index is 1070. The number of hydrogen-bond donors (Lipinski definition) is 2. The van der Waals surface area contributed by atoms with Crippen molar-refractivity contribution in [2.75, 3.05) is 19.0 Å². The number of benzene rings is 3. The standard InChI is InChI=1S/C23H20ClN3O4/c1-30-20-9-5-6-17(14-25-27-23(29)16-10-12-18(24)13-11-16)22(20)31-15-21(28)26-19-7-3-2-4-8-19/h2-14H,15H2,1H3,(H,26,28)(H,27,29)/b25-14-. The molecular weight excluding hydrogens is 418 g/mol. The minimum atomic E-state index is -0.388. The van der Waals surface area contributed by atoms with E-state index < -0.39 is 0 Å². The van der Waals surface area contributed by atoms with Gasteiger partial charge in [0.15, 0.2) is 18.1 Å². The number of hydrazone groups is 1. The third-order valence-electron chi connectivity index (χ3n) is 4.11. The summed E-state index contributed by atoms with van der Waals surface area (Å²) in [4.78, 5) is 24.4. The van der Waals surface area contributed by atoms with E-state index in [0.29, 0.717) is 33.3 Å². The number of hydrogen-bond acceptors (Lipinski definition) is 5. The number of nitrogens with one attached hydrogen (secondary N) is 2. The average Bonchev–Trinajstić information content (AvgIpc) is 2.79. The first kappa shape index (κ1) is 21.9. The highest BCUT2D eigenvalue weighted by atomic mass is 35.5. The van der Waals surface area contributed by atoms with Crippen molar-refractivity contribution in [2.45, 2.75) is 0 Å². The van der Waals surface area contributed by atoms with Gasteiger partial charge in [-0.3, -0.25) is 9.59 Å². The zero-order chi connectivity index (χ0) is 22.1. The fourth-order valence-corrected chi connectivity index (χ4v) is 2.76. The first-order valence-corrected chi connectivity index (χ1v) is 9.68. The lowest BCUT2D eigenvalue weighted by molar-refractivity contribution is -0.118. The summed E-state index contributed by atoms with van der Waals surface area (Å²) in [6.45, 7) is -0.229. The van der Waals surface area contributed by atoms with E-state index in [9.17, 15) is 9.59 Å². The topological polar surface area (TPSA) is 89.0 Å². The molecule has 0 atom stereocenters. The highest BCUT2D eigenvalue weighted by Crippen LogP contribution is 2.30. The second-order valence-electron chi connectivity index (χ2n) is 6.29. The molecular formula is C23H20ClN3O4. The smallest absolute Gasteiger partial charge is 0.271 e. The molecule has 7 nitrogen and oxygen atoms in total. The fourth-order valence-electron chi connectivity index (χ4n) is 2.63. The fraction of sp³-hybridized carbons (Fsp3) is 0.0870. The van der Waals surface area contributed by atoms with Gasteiger partial charge in [-0.1, -0.05) is 35.9 Å². The molecule has 3 aromatic rings. The summed E-state index contributed by atoms with van der Waals surface area (Å²) in [5.41, 5.74) is 4.06. The molecule has 0 heterocycles. The average molecular weight is 438 g/mol. The highest BCUT2D eigenvalue weighted by molar-refractivity contribution is 6.30. The number of carbonyl (C=O) groups excluding carboxylic acids is 2. The van der Waals surface area contributed by atoms with Crippen LogP contribution in [0.4, 0.5) is 5.69 Å². The van der Waals surface area contributed by atoms with E-state index in [1.54, 1.807) is 54.6 Å². The van der Waals surface area contributed by atoms with Crippen molar-refractivity contribution in [2.24, 2.45) is 5.10 Å². The highest BCUT2D eigenvalue weighted by Gasteiger charge is 2.12. The van der Waals surface area contributed by atoms with Gasteiger partial charge in [0, 0.05) is 21.8 Å². The zero-order valence-corrected chi connectivity index (χ0v) is 17.4. The molecule has 0 radical (unpaired) electrons. The van der Waals surface area contributed by atoms with E-state index in [1.165, 1.54) is 13.3 Å². The van der Waals surface area contributed by atoms with Crippen LogP contribution in [0.15, 0.2) is 77.9 Å². The van der Waals surface area contributed by atoms with E-state index in [4.69, 9.17) is 21.1 Å². The van der Waals surface area contributed by atoms with E-state index >= 15 is 0 Å². The van der Waals surface area contributed by atoms with Gasteiger partial charge < -0.3 is 14.8 Å². The maximum Gasteiger partial charge on any atom is 0.271 e. The summed E-state index contributed by atoms with van der Waals surface area (Å²) in [5.74, 6) is 0.0507. The largest absolute Gasteiger partial charge is 0.493 e. The lowest BCUT2D eigenvalue weighted by Gasteiger charge is -2.13. The number of anilines is 1. The molecule has 3 aromatic carbocycles. The Morgan fingerprint density at radius 2 is 1.74 bits per heavy atom. The van der Waals surface area contributed by atoms with Gasteiger partial charge in [-0.15, -0.1) is 0 Å². The third-order valence-corrected chi connectivity index (χ3v) is 4.36. The molecule has 0 unspecified atom stereocenters. The van der Waals surface area contributed by atoms with Crippen LogP contribution in [0.1, 0.15) is 15.9 Å². The third kappa shape index (κ3) is 6.32. The van der Waals surface area contributed by atoms with Crippen LogP contribution in [-0.2, 0) is 4.79 Å². The molecule has 0 spiro atoms. The van der Waals surface area contributed by atoms with Crippen LogP contribution < -0.4 is 20.2 Å². The maximum atomic E-state index is 12.2. The lowest BCUT2D eigenvalue weighted by Crippen LogP contribution is -2.21. The Hall–Kier alpha value is -3.84. The number of methoxy groups -OCH3 is 1. The van der Waals surface area contributed by atoms with Gasteiger partial charge in [-0.05, 0) is 48.5 Å². The first-order chi connectivity index (χ1) is 15.1. The Morgan fingerprint density at radius 1 is 1.00 bits per heavy atom. The summed E-state index contributed by atoms with van der Waals surface area (Å²) in [5, 5.41) is 7.26. The van der Waals surface area contributed by atoms with Crippen molar-refractivity contribution in [3.63, 3.8) is 0 Å². The second-order valence-corrected chi connectivity index (χ2v) is 6.72. The molecule has 2 N–H and O–H groups in total. The number of ether oxygens (including phenoxy) is 2. The molecule has 0 aliphatic carbocycles. The van der Waals surface area contributed by atoms with Gasteiger partial charge in [0.05, 0.1) is 13.3 Å². The van der Waals surface area contributed by atoms with Crippen LogP contribution in [0.5, 0.6) is 11.5 Å². The minimum Gasteiger partial charge on any atom is -0.493 e. The van der Waals surface area contributed by atoms with Gasteiger partial charge in [0.1, 0.15) is 0 Å². The van der Waals surface area contributed by atoms with Crippen molar-refractivity contribution in [3.05, 3.63) is 88.9 Å². The van der Waals surface area contributed by atoms with E-state index in [2.05, 4.69) is 15.8 Å². The van der Waals surface area contributed by atoms with Gasteiger partial charge >= 0.3 is 0 Å². The van der Waals surface area contributed by atoms with Crippen molar-refractivity contribution >= 4 is 35.3 Å². The number of carbonyl (C=O) groups is 2. The van der Waals surface area contributed by atoms with E-state index in [-0.39, 0.29) is 18.4 Å². The van der Waals surface area contributed by atoms with Crippen LogP contribution >= 0.6 is 11.6 Å². The van der Waals surface area contributed by atoms with Crippen LogP contribution in [0, 0.1) is 0 Å². The summed E-state index contributed by atoms with van der Waals surface area (Å²) in [6.07, 6.45) is 1.42. The van der Waals surface area contributed by atoms with Crippen LogP contribution in [0.3, 0.4) is 0 Å². The second kappa shape index (κ2) is 10.8. The molecule has 0 fully saturated rings. The predicted octanol–water partition coefficient (Wildman–Crippen LogP) is 4.13. The Labute approximate surface area is 184 Å². The Kier molecular flexibility index (Phi) is 7.61. The van der Waals surface area contributed by atoms with Gasteiger partial charge in [0.25, 0.3) is 11.8 Å². The molecule has 0 aliphatic rings. The quantitative estimate of drug-likeness (QED) is 0.409. The zero-order valence-electron chi connectivity index (χ0n) is 16.7. The Balaban J connectivity index is 1.66. The molecule has 8 heteroatoms. The van der Waals surface area contributed by atoms with Crippen LogP contribution in [0.2, 0.25) is 5.02 Å². The van der Waals surface area contributed by atoms with Crippen molar-refractivity contribution in [1.29, 1.82) is 0 Å². The van der Waals surface area contributed by atoms with Crippen molar-refractivity contribution in [3.8, 4) is 11.5 Å². The lowest BCUT2D eigenvalue weighted by atomic mass is 10.2. The number of para-hydroxylation sites is 2. The molecule has 0 aliphatic heterocycles. The molecule has 0 aromatic heterocycles. The van der Waals surface area contributed by atoms with Crippen LogP contribution in [-0.4, -0.2) is 31.7 Å². The van der Waals surface area contributed by atoms with Crippen molar-refractivity contribution in [1.82, 2.24) is 5.43 Å². The SMILES string of the molecule is COc1cccc(/C=N\NC(=O)c2ccc(Cl)cc2)c1OCC(=O)Nc1ccccc1. The summed E-state index contributed by atoms with van der Waals surface area (Å²) in [7, 11) is 1.50. The molecule has 2 amide bonds. The molecule has 0 bridgehead atoms. The number of amides is 2. The number of rotatable bonds is 8. The molecule has 158 valence electrons. The Morgan fingerprint density at radius 3 is 2.45 bits per heavy atom. The van der Waals surface area contributed by atoms with Gasteiger partial charge in [-0.2, -0.15) is 5.10 Å². The predicted molar refractivity (Wildman–Crippen MR) is 120 cm³/mol. The molecule has 0 saturated heterocycles. The number of nitrogens with zero attached hydrogens (tertiary/aromatic N) is 1. The van der Waals surface area contributed by atoms with Gasteiger partial charge in [0.2, 0.25) is 0 Å². The van der Waals surface area contributed by atoms with Crippen LogP contribution in [0.25, 0.3) is 0 Å². The monoisotopic (exact) mass is 437 g/mol. The minimum absolute atomic E-state index is 0.229. The number of halogens is 1.